The molecule has 0 saturated heterocycles. The van der Waals surface area contributed by atoms with E-state index in [1.165, 1.54) is 30.7 Å². The van der Waals surface area contributed by atoms with Crippen molar-refractivity contribution in [3.63, 3.8) is 0 Å². The van der Waals surface area contributed by atoms with E-state index in [9.17, 15) is 4.39 Å². The van der Waals surface area contributed by atoms with Gasteiger partial charge in [0, 0.05) is 0 Å². The molecule has 1 aliphatic carbocycles. The van der Waals surface area contributed by atoms with Gasteiger partial charge in [-0.3, -0.25) is 0 Å². The Morgan fingerprint density at radius 3 is 2.85 bits per heavy atom. The van der Waals surface area contributed by atoms with Crippen LogP contribution in [-0.2, 0) is 0 Å². The molecule has 1 saturated carbocycles. The van der Waals surface area contributed by atoms with Crippen LogP contribution in [0.25, 0.3) is 0 Å². The fraction of sp³-hybridized carbons (Fsp3) is 0.385. The Labute approximate surface area is 119 Å². The molecule has 7 heteroatoms. The lowest BCUT2D eigenvalue weighted by Crippen LogP contribution is -2.08. The van der Waals surface area contributed by atoms with E-state index in [0.717, 1.165) is 12.8 Å². The highest BCUT2D eigenvalue weighted by Crippen LogP contribution is 2.34. The van der Waals surface area contributed by atoms with Gasteiger partial charge in [-0.2, -0.15) is 5.26 Å². The van der Waals surface area contributed by atoms with Crippen molar-refractivity contribution >= 4 is 11.8 Å². The summed E-state index contributed by atoms with van der Waals surface area (Å²) < 4.78 is 15.7. The fourth-order valence-corrected chi connectivity index (χ4v) is 3.23. The van der Waals surface area contributed by atoms with Crippen molar-refractivity contribution in [1.29, 1.82) is 5.26 Å². The van der Waals surface area contributed by atoms with Gasteiger partial charge in [0.25, 0.3) is 0 Å². The molecular weight excluding hydrogens is 277 g/mol. The number of nitrogens with zero attached hydrogens (tertiary/aromatic N) is 5. The first kappa shape index (κ1) is 13.1. The summed E-state index contributed by atoms with van der Waals surface area (Å²) in [6, 6.07) is 6.64. The number of hydrogen-bond acceptors (Lipinski definition) is 5. The van der Waals surface area contributed by atoms with Crippen LogP contribution in [0.1, 0.15) is 37.3 Å². The van der Waals surface area contributed by atoms with Gasteiger partial charge < -0.3 is 0 Å². The first-order valence-electron chi connectivity index (χ1n) is 6.43. The molecule has 20 heavy (non-hydrogen) atoms. The second-order valence-electron chi connectivity index (χ2n) is 4.70. The maximum Gasteiger partial charge on any atom is 0.214 e. The molecule has 2 aromatic rings. The standard InChI is InChI=1S/C13H12FN5S/c14-11-7-9(8-15)5-6-12(11)20-13-16-17-18-19(13)10-3-1-2-4-10/h5-7,10H,1-4H2. The molecule has 0 bridgehead atoms. The number of benzene rings is 1. The van der Waals surface area contributed by atoms with Gasteiger partial charge in [0.05, 0.1) is 22.6 Å². The molecule has 0 unspecified atom stereocenters. The van der Waals surface area contributed by atoms with Crippen LogP contribution in [0.15, 0.2) is 28.3 Å². The van der Waals surface area contributed by atoms with Gasteiger partial charge in [-0.25, -0.2) is 9.07 Å². The second-order valence-corrected chi connectivity index (χ2v) is 5.71. The van der Waals surface area contributed by atoms with Crippen LogP contribution in [0.4, 0.5) is 4.39 Å². The van der Waals surface area contributed by atoms with Crippen LogP contribution in [0.2, 0.25) is 0 Å². The molecule has 1 heterocycles. The van der Waals surface area contributed by atoms with Gasteiger partial charge in [0.1, 0.15) is 5.82 Å². The molecule has 0 spiro atoms. The van der Waals surface area contributed by atoms with Crippen molar-refractivity contribution in [3.05, 3.63) is 29.6 Å². The molecule has 0 atom stereocenters. The molecule has 1 aromatic carbocycles. The van der Waals surface area contributed by atoms with Gasteiger partial charge in [-0.05, 0) is 53.2 Å². The van der Waals surface area contributed by atoms with Crippen LogP contribution in [0.5, 0.6) is 0 Å². The van der Waals surface area contributed by atoms with Crippen molar-refractivity contribution in [2.45, 2.75) is 41.8 Å². The van der Waals surface area contributed by atoms with E-state index < -0.39 is 5.82 Å². The smallest absolute Gasteiger partial charge is 0.214 e. The number of halogens is 1. The average Bonchev–Trinajstić information content (AvgIpc) is 3.11. The van der Waals surface area contributed by atoms with E-state index in [-0.39, 0.29) is 0 Å². The van der Waals surface area contributed by atoms with Gasteiger partial charge >= 0.3 is 0 Å². The third kappa shape index (κ3) is 2.51. The van der Waals surface area contributed by atoms with Gasteiger partial charge in [0.15, 0.2) is 0 Å². The topological polar surface area (TPSA) is 67.4 Å². The lowest BCUT2D eigenvalue weighted by molar-refractivity contribution is 0.423. The largest absolute Gasteiger partial charge is 0.217 e. The zero-order valence-corrected chi connectivity index (χ0v) is 11.5. The highest BCUT2D eigenvalue weighted by atomic mass is 32.2. The van der Waals surface area contributed by atoms with Crippen molar-refractivity contribution in [2.24, 2.45) is 0 Å². The summed E-state index contributed by atoms with van der Waals surface area (Å²) in [5.41, 5.74) is 0.308. The predicted octanol–water partition coefficient (Wildman–Crippen LogP) is 2.95. The Balaban J connectivity index is 1.85. The number of rotatable bonds is 3. The molecule has 1 fully saturated rings. The van der Waals surface area contributed by atoms with Crippen molar-refractivity contribution < 1.29 is 4.39 Å². The Morgan fingerprint density at radius 1 is 1.35 bits per heavy atom. The van der Waals surface area contributed by atoms with Crippen molar-refractivity contribution in [3.8, 4) is 6.07 Å². The lowest BCUT2D eigenvalue weighted by Gasteiger charge is -2.10. The molecule has 3 rings (SSSR count). The minimum absolute atomic E-state index is 0.308. The van der Waals surface area contributed by atoms with E-state index in [1.54, 1.807) is 16.8 Å². The first-order chi connectivity index (χ1) is 9.78. The van der Waals surface area contributed by atoms with Crippen LogP contribution < -0.4 is 0 Å². The SMILES string of the molecule is N#Cc1ccc(Sc2nnnn2C2CCCC2)c(F)c1. The number of tetrazole rings is 1. The molecule has 102 valence electrons. The molecular formula is C13H12FN5S. The highest BCUT2D eigenvalue weighted by molar-refractivity contribution is 7.99. The van der Waals surface area contributed by atoms with E-state index in [2.05, 4.69) is 15.5 Å². The summed E-state index contributed by atoms with van der Waals surface area (Å²) >= 11 is 1.20. The molecule has 0 amide bonds. The Bertz CT molecular complexity index is 657. The summed E-state index contributed by atoms with van der Waals surface area (Å²) in [4.78, 5) is 0.429. The Morgan fingerprint density at radius 2 is 2.15 bits per heavy atom. The number of aromatic nitrogens is 4. The maximum atomic E-state index is 13.9. The Hall–Kier alpha value is -1.94. The normalized spacial score (nSPS) is 15.4. The summed E-state index contributed by atoms with van der Waals surface area (Å²) in [6.45, 7) is 0. The summed E-state index contributed by atoms with van der Waals surface area (Å²) in [5.74, 6) is -0.421. The zero-order chi connectivity index (χ0) is 13.9. The molecule has 1 aromatic heterocycles. The summed E-state index contributed by atoms with van der Waals surface area (Å²) in [7, 11) is 0. The molecule has 1 aliphatic rings. The van der Waals surface area contributed by atoms with Crippen LogP contribution in [0.3, 0.4) is 0 Å². The molecule has 0 aliphatic heterocycles. The molecule has 0 radical (unpaired) electrons. The number of nitriles is 1. The van der Waals surface area contributed by atoms with Crippen LogP contribution >= 0.6 is 11.8 Å². The predicted molar refractivity (Wildman–Crippen MR) is 70.6 cm³/mol. The van der Waals surface area contributed by atoms with Crippen LogP contribution in [-0.4, -0.2) is 20.2 Å². The third-order valence-electron chi connectivity index (χ3n) is 3.40. The van der Waals surface area contributed by atoms with Crippen molar-refractivity contribution in [2.75, 3.05) is 0 Å². The summed E-state index contributed by atoms with van der Waals surface area (Å²) in [5, 5.41) is 21.0. The van der Waals surface area contributed by atoms with E-state index in [1.807, 2.05) is 6.07 Å². The maximum absolute atomic E-state index is 13.9. The van der Waals surface area contributed by atoms with E-state index in [4.69, 9.17) is 5.26 Å². The minimum atomic E-state index is -0.421. The van der Waals surface area contributed by atoms with E-state index in [0.29, 0.717) is 21.7 Å². The quantitative estimate of drug-likeness (QED) is 0.869. The second kappa shape index (κ2) is 5.59. The minimum Gasteiger partial charge on any atom is -0.217 e. The molecule has 5 nitrogen and oxygen atoms in total. The Kier molecular flexibility index (Phi) is 3.65. The third-order valence-corrected chi connectivity index (χ3v) is 4.40. The monoisotopic (exact) mass is 289 g/mol. The van der Waals surface area contributed by atoms with Crippen molar-refractivity contribution in [1.82, 2.24) is 20.2 Å². The van der Waals surface area contributed by atoms with Gasteiger partial charge in [-0.1, -0.05) is 12.8 Å². The summed E-state index contributed by atoms with van der Waals surface area (Å²) in [6.07, 6.45) is 4.49. The van der Waals surface area contributed by atoms with Gasteiger partial charge in [0.2, 0.25) is 5.16 Å². The number of hydrogen-bond donors (Lipinski definition) is 0. The van der Waals surface area contributed by atoms with Gasteiger partial charge in [-0.15, -0.1) is 5.10 Å². The average molecular weight is 289 g/mol. The van der Waals surface area contributed by atoms with E-state index >= 15 is 0 Å². The first-order valence-corrected chi connectivity index (χ1v) is 7.25. The zero-order valence-electron chi connectivity index (χ0n) is 10.7. The van der Waals surface area contributed by atoms with Crippen LogP contribution in [0, 0.1) is 17.1 Å². The lowest BCUT2D eigenvalue weighted by atomic mass is 10.2. The fourth-order valence-electron chi connectivity index (χ4n) is 2.38. The highest BCUT2D eigenvalue weighted by Gasteiger charge is 2.22. The molecule has 0 N–H and O–H groups in total.